The number of pyridine rings is 3. The van der Waals surface area contributed by atoms with Gasteiger partial charge in [0.1, 0.15) is 59.1 Å². The smallest absolute Gasteiger partial charge is 0.418 e. The highest BCUT2D eigenvalue weighted by Crippen LogP contribution is 2.46. The Kier molecular flexibility index (Phi) is 8.82. The van der Waals surface area contributed by atoms with Gasteiger partial charge in [-0.3, -0.25) is 4.90 Å². The quantitative estimate of drug-likeness (QED) is 0.168. The number of nitrogens with two attached hydrogens (primary N) is 1. The van der Waals surface area contributed by atoms with Gasteiger partial charge >= 0.3 is 12.2 Å². The van der Waals surface area contributed by atoms with E-state index in [2.05, 4.69) is 24.8 Å². The molecule has 0 aromatic carbocycles. The highest BCUT2D eigenvalue weighted by Gasteiger charge is 2.49. The molecular weight excluding hydrogens is 680 g/mol. The number of ether oxygens (including phenoxy) is 2. The minimum absolute atomic E-state index is 0.0263. The maximum Gasteiger partial charge on any atom is 0.418 e. The normalized spacial score (nSPS) is 21.5. The van der Waals surface area contributed by atoms with Crippen molar-refractivity contribution in [1.82, 2.24) is 29.8 Å². The predicted octanol–water partition coefficient (Wildman–Crippen LogP) is 6.11. The van der Waals surface area contributed by atoms with Crippen molar-refractivity contribution in [2.45, 2.75) is 57.0 Å². The summed E-state index contributed by atoms with van der Waals surface area (Å²) < 4.78 is 89.4. The fraction of sp³-hybridized carbons (Fsp3) is 0.485. The zero-order valence-corrected chi connectivity index (χ0v) is 29.0. The molecule has 17 heteroatoms. The minimum atomic E-state index is -4.88. The first kappa shape index (κ1) is 34.3. The van der Waals surface area contributed by atoms with Gasteiger partial charge in [0.25, 0.3) is 0 Å². The van der Waals surface area contributed by atoms with Crippen LogP contribution in [0.5, 0.6) is 11.9 Å². The number of hydrogen-bond acceptors (Lipinski definition) is 11. The summed E-state index contributed by atoms with van der Waals surface area (Å²) >= 11 is 0. The number of hydrogen-bond donors (Lipinski definition) is 1. The Balaban J connectivity index is 1.44. The molecule has 0 bridgehead atoms. The number of aromatic nitrogens is 5. The van der Waals surface area contributed by atoms with Gasteiger partial charge in [-0.25, -0.2) is 23.7 Å². The summed E-state index contributed by atoms with van der Waals surface area (Å²) in [6.07, 6.45) is -2.44. The molecule has 0 aliphatic carbocycles. The van der Waals surface area contributed by atoms with Gasteiger partial charge in [0.2, 0.25) is 5.88 Å². The number of fused-ring (bicyclic) bond motifs is 1. The summed E-state index contributed by atoms with van der Waals surface area (Å²) in [7, 11) is 1.86. The van der Waals surface area contributed by atoms with Gasteiger partial charge in [0.05, 0.1) is 23.7 Å². The first-order valence-corrected chi connectivity index (χ1v) is 17.8. The third-order valence-electron chi connectivity index (χ3n) is 9.97. The highest BCUT2D eigenvalue weighted by molar-refractivity contribution is 7.39. The molecule has 4 aromatic heterocycles. The fourth-order valence-corrected chi connectivity index (χ4v) is 7.77. The lowest BCUT2D eigenvalue weighted by Crippen LogP contribution is -2.43. The van der Waals surface area contributed by atoms with Gasteiger partial charge in [-0.15, -0.1) is 0 Å². The van der Waals surface area contributed by atoms with E-state index in [1.165, 1.54) is 13.0 Å². The summed E-state index contributed by atoms with van der Waals surface area (Å²) in [5, 5.41) is 0.0596. The van der Waals surface area contributed by atoms with Crippen LogP contribution in [0.4, 0.5) is 39.4 Å². The van der Waals surface area contributed by atoms with Crippen molar-refractivity contribution in [2.24, 2.45) is 0 Å². The molecule has 11 nitrogen and oxygen atoms in total. The standard InChI is InChI=1S/C33H37F5N9O2P/c1-17-13-21(45(3)50-4)41-26(23(17)33(36,37)38)27-24(35)25-22-29(44-31(43-25)49-16-32-8-6-10-46(32)15-19(34)14-32)47(11-12-48-30(22)42-27)18(2)20-7-5-9-40-28(20)39/h5,7,9,13,18-19,50H,6,8,10-12,14-16H2,1-4H3,(H2,39,40)/t18-,19-,32+/m1/s1. The monoisotopic (exact) mass is 717 g/mol. The molecule has 50 heavy (non-hydrogen) atoms. The number of nitrogen functional groups attached to an aromatic ring is 1. The maximum absolute atomic E-state index is 17.0. The second-order valence-electron chi connectivity index (χ2n) is 13.0. The highest BCUT2D eigenvalue weighted by atomic mass is 31.1. The third kappa shape index (κ3) is 5.89. The van der Waals surface area contributed by atoms with Crippen LogP contribution < -0.4 is 24.8 Å². The van der Waals surface area contributed by atoms with E-state index >= 15 is 4.39 Å². The Hall–Kier alpha value is -4.17. The Morgan fingerprint density at radius 1 is 1.20 bits per heavy atom. The zero-order chi connectivity index (χ0) is 35.5. The van der Waals surface area contributed by atoms with Crippen molar-refractivity contribution < 1.29 is 31.4 Å². The van der Waals surface area contributed by atoms with Crippen molar-refractivity contribution in [2.75, 3.05) is 61.9 Å². The average molecular weight is 718 g/mol. The average Bonchev–Trinajstić information content (AvgIpc) is 3.53. The molecule has 2 fully saturated rings. The van der Waals surface area contributed by atoms with Gasteiger partial charge in [0.15, 0.2) is 5.82 Å². The lowest BCUT2D eigenvalue weighted by molar-refractivity contribution is -0.137. The van der Waals surface area contributed by atoms with E-state index in [0.717, 1.165) is 13.0 Å². The van der Waals surface area contributed by atoms with Crippen LogP contribution >= 0.6 is 8.73 Å². The summed E-state index contributed by atoms with van der Waals surface area (Å²) in [4.78, 5) is 26.0. The van der Waals surface area contributed by atoms with Crippen LogP contribution in [0.15, 0.2) is 24.4 Å². The van der Waals surface area contributed by atoms with Crippen molar-refractivity contribution in [3.8, 4) is 23.3 Å². The lowest BCUT2D eigenvalue weighted by Gasteiger charge is -2.32. The molecular formula is C33H37F5N9O2P. The second kappa shape index (κ2) is 12.9. The zero-order valence-electron chi connectivity index (χ0n) is 28.0. The Morgan fingerprint density at radius 2 is 2.00 bits per heavy atom. The van der Waals surface area contributed by atoms with E-state index in [9.17, 15) is 17.6 Å². The van der Waals surface area contributed by atoms with E-state index in [0.29, 0.717) is 18.5 Å². The second-order valence-corrected chi connectivity index (χ2v) is 14.1. The number of anilines is 3. The molecule has 2 saturated heterocycles. The summed E-state index contributed by atoms with van der Waals surface area (Å²) in [6.45, 7) is 6.36. The summed E-state index contributed by atoms with van der Waals surface area (Å²) in [5.74, 6) is -0.579. The molecule has 0 radical (unpaired) electrons. The molecule has 266 valence electrons. The van der Waals surface area contributed by atoms with Crippen LogP contribution in [0.3, 0.4) is 0 Å². The van der Waals surface area contributed by atoms with Crippen LogP contribution in [-0.2, 0) is 6.18 Å². The number of alkyl halides is 4. The molecule has 2 N–H and O–H groups in total. The molecule has 4 aromatic rings. The molecule has 0 saturated carbocycles. The van der Waals surface area contributed by atoms with Crippen molar-refractivity contribution in [3.05, 3.63) is 46.9 Å². The first-order chi connectivity index (χ1) is 23.8. The van der Waals surface area contributed by atoms with E-state index in [-0.39, 0.29) is 80.7 Å². The topological polar surface area (TPSA) is 119 Å². The number of aryl methyl sites for hydroxylation is 1. The predicted molar refractivity (Wildman–Crippen MR) is 181 cm³/mol. The SMILES string of the molecule is CPN(C)c1cc(C)c(C(F)(F)F)c(-c2nc3c4c(nc(OC[C@@]56CCCN5C[C@H](F)C6)nc4c2F)N([C@H](C)c2cccnc2N)CCO3)n1. The number of rotatable bonds is 8. The fourth-order valence-electron chi connectivity index (χ4n) is 7.43. The lowest BCUT2D eigenvalue weighted by atomic mass is 9.95. The van der Waals surface area contributed by atoms with Crippen LogP contribution in [0.25, 0.3) is 22.3 Å². The van der Waals surface area contributed by atoms with Gasteiger partial charge in [-0.1, -0.05) is 6.07 Å². The maximum atomic E-state index is 17.0. The van der Waals surface area contributed by atoms with Crippen LogP contribution in [0, 0.1) is 12.7 Å². The van der Waals surface area contributed by atoms with Crippen molar-refractivity contribution in [3.63, 3.8) is 0 Å². The van der Waals surface area contributed by atoms with E-state index < -0.39 is 46.7 Å². The molecule has 4 atom stereocenters. The molecule has 0 amide bonds. The number of halogens is 5. The van der Waals surface area contributed by atoms with Gasteiger partial charge < -0.3 is 24.8 Å². The minimum Gasteiger partial charge on any atom is -0.475 e. The summed E-state index contributed by atoms with van der Waals surface area (Å²) in [6, 6.07) is 4.21. The Labute approximate surface area is 287 Å². The molecule has 7 heterocycles. The summed E-state index contributed by atoms with van der Waals surface area (Å²) in [5.41, 5.74) is 3.41. The molecule has 0 spiro atoms. The Bertz CT molecular complexity index is 1950. The van der Waals surface area contributed by atoms with E-state index in [4.69, 9.17) is 20.2 Å². The Morgan fingerprint density at radius 3 is 2.74 bits per heavy atom. The van der Waals surface area contributed by atoms with E-state index in [1.807, 2.05) is 24.6 Å². The van der Waals surface area contributed by atoms with Crippen molar-refractivity contribution >= 4 is 37.1 Å². The van der Waals surface area contributed by atoms with Crippen LogP contribution in [0.2, 0.25) is 0 Å². The molecule has 3 aliphatic rings. The first-order valence-electron chi connectivity index (χ1n) is 16.3. The number of nitrogens with zero attached hydrogens (tertiary/aromatic N) is 8. The van der Waals surface area contributed by atoms with Gasteiger partial charge in [0, 0.05) is 31.8 Å². The van der Waals surface area contributed by atoms with Crippen LogP contribution in [0.1, 0.15) is 48.9 Å². The van der Waals surface area contributed by atoms with E-state index in [1.54, 1.807) is 24.0 Å². The van der Waals surface area contributed by atoms with Crippen LogP contribution in [-0.4, -0.2) is 88.1 Å². The third-order valence-corrected chi connectivity index (χ3v) is 10.9. The molecule has 7 rings (SSSR count). The van der Waals surface area contributed by atoms with Gasteiger partial charge in [-0.2, -0.15) is 23.1 Å². The molecule has 1 unspecified atom stereocenters. The van der Waals surface area contributed by atoms with Crippen molar-refractivity contribution in [1.29, 1.82) is 0 Å². The van der Waals surface area contributed by atoms with Gasteiger partial charge in [-0.05, 0) is 66.3 Å². The molecule has 3 aliphatic heterocycles. The largest absolute Gasteiger partial charge is 0.475 e.